The summed E-state index contributed by atoms with van der Waals surface area (Å²) in [6.07, 6.45) is 10.8. The maximum Gasteiger partial charge on any atom is 0.330 e. The van der Waals surface area contributed by atoms with Gasteiger partial charge in [-0.25, -0.2) is 0 Å². The van der Waals surface area contributed by atoms with Gasteiger partial charge in [-0.1, -0.05) is 94.5 Å². The second kappa shape index (κ2) is 14.3. The van der Waals surface area contributed by atoms with Gasteiger partial charge in [-0.3, -0.25) is 14.4 Å². The van der Waals surface area contributed by atoms with E-state index in [0.29, 0.717) is 50.8 Å². The fourth-order valence-electron chi connectivity index (χ4n) is 6.81. The molecule has 1 fully saturated rings. The van der Waals surface area contributed by atoms with Crippen LogP contribution in [0.4, 0.5) is 0 Å². The van der Waals surface area contributed by atoms with Crippen molar-refractivity contribution < 1.29 is 18.4 Å². The quantitative estimate of drug-likeness (QED) is 0.157. The summed E-state index contributed by atoms with van der Waals surface area (Å²) in [6, 6.07) is 17.3. The van der Waals surface area contributed by atoms with Crippen LogP contribution < -0.4 is 10.6 Å². The molecule has 2 aliphatic carbocycles. The van der Waals surface area contributed by atoms with Crippen LogP contribution in [0.5, 0.6) is 0 Å². The third kappa shape index (κ3) is 6.69. The molecule has 2 N–H and O–H groups in total. The van der Waals surface area contributed by atoms with Crippen LogP contribution in [-0.4, -0.2) is 49.7 Å². The molecule has 0 bridgehead atoms. The summed E-state index contributed by atoms with van der Waals surface area (Å²) in [7, 11) is -3.18. The van der Waals surface area contributed by atoms with E-state index < -0.39 is 13.0 Å². The third-order valence-electron chi connectivity index (χ3n) is 9.08. The molecule has 2 aromatic rings. The molecular formula is C34H48N3O4P. The third-order valence-corrected chi connectivity index (χ3v) is 11.1. The Balaban J connectivity index is 1.33. The molecule has 2 aromatic carbocycles. The van der Waals surface area contributed by atoms with E-state index in [1.165, 1.54) is 12.8 Å². The van der Waals surface area contributed by atoms with Gasteiger partial charge in [0.15, 0.2) is 0 Å². The first-order valence-corrected chi connectivity index (χ1v) is 17.9. The minimum atomic E-state index is -3.18. The van der Waals surface area contributed by atoms with E-state index in [1.807, 2.05) is 24.3 Å². The highest BCUT2D eigenvalue weighted by Gasteiger charge is 2.48. The summed E-state index contributed by atoms with van der Waals surface area (Å²) in [5.74, 6) is 0.894. The van der Waals surface area contributed by atoms with Crippen LogP contribution in [0.3, 0.4) is 0 Å². The lowest BCUT2D eigenvalue weighted by Crippen LogP contribution is -2.48. The van der Waals surface area contributed by atoms with Gasteiger partial charge in [0, 0.05) is 6.04 Å². The van der Waals surface area contributed by atoms with E-state index in [-0.39, 0.29) is 5.91 Å². The van der Waals surface area contributed by atoms with E-state index in [0.717, 1.165) is 73.0 Å². The molecule has 0 radical (unpaired) electrons. The summed E-state index contributed by atoms with van der Waals surface area (Å²) in [4.78, 5) is 19.3. The van der Waals surface area contributed by atoms with Crippen molar-refractivity contribution >= 4 is 19.3 Å². The molecule has 5 rings (SSSR count). The van der Waals surface area contributed by atoms with Gasteiger partial charge in [0.1, 0.15) is 11.3 Å². The summed E-state index contributed by atoms with van der Waals surface area (Å²) in [5.41, 5.74) is 3.49. The number of hydrogen-bond acceptors (Lipinski definition) is 6. The lowest BCUT2D eigenvalue weighted by atomic mass is 9.73. The van der Waals surface area contributed by atoms with Gasteiger partial charge in [0.05, 0.1) is 32.0 Å². The van der Waals surface area contributed by atoms with Gasteiger partial charge in [-0.05, 0) is 60.8 Å². The fraction of sp³-hybridized carbons (Fsp3) is 0.588. The Morgan fingerprint density at radius 3 is 2.17 bits per heavy atom. The SMILES string of the molecule is CCCCOP(=O)(CCCCC1(C(=O)NCC2=NC3CCCCC3N2)c2ccccc2-c2ccccc21)OCCCC. The summed E-state index contributed by atoms with van der Waals surface area (Å²) < 4.78 is 25.3. The van der Waals surface area contributed by atoms with E-state index in [4.69, 9.17) is 14.0 Å². The maximum atomic E-state index is 14.4. The normalized spacial score (nSPS) is 20.3. The molecule has 0 spiro atoms. The lowest BCUT2D eigenvalue weighted by molar-refractivity contribution is -0.125. The molecule has 3 aliphatic rings. The average molecular weight is 594 g/mol. The van der Waals surface area contributed by atoms with Crippen LogP contribution in [0.1, 0.15) is 95.6 Å². The number of nitrogens with one attached hydrogen (secondary N) is 2. The molecule has 1 aliphatic heterocycles. The van der Waals surface area contributed by atoms with Crippen LogP contribution in [0.2, 0.25) is 0 Å². The number of amidine groups is 1. The Hall–Kier alpha value is -2.47. The van der Waals surface area contributed by atoms with Crippen molar-refractivity contribution in [1.29, 1.82) is 0 Å². The number of carbonyl (C=O) groups excluding carboxylic acids is 1. The average Bonchev–Trinajstić information content (AvgIpc) is 3.56. The highest BCUT2D eigenvalue weighted by Crippen LogP contribution is 2.53. The molecule has 2 atom stereocenters. The number of hydrogen-bond donors (Lipinski definition) is 2. The zero-order valence-corrected chi connectivity index (χ0v) is 26.3. The molecule has 1 heterocycles. The number of amides is 1. The summed E-state index contributed by atoms with van der Waals surface area (Å²) >= 11 is 0. The number of fused-ring (bicyclic) bond motifs is 4. The Kier molecular flexibility index (Phi) is 10.6. The molecule has 228 valence electrons. The summed E-state index contributed by atoms with van der Waals surface area (Å²) in [5, 5.41) is 6.87. The van der Waals surface area contributed by atoms with Crippen LogP contribution >= 0.6 is 7.60 Å². The molecule has 0 aromatic heterocycles. The van der Waals surface area contributed by atoms with Crippen molar-refractivity contribution in [3.05, 3.63) is 59.7 Å². The standard InChI is InChI=1S/C34H48N3O4P/c1-3-5-22-40-42(39,41-23-6-4-2)24-14-13-21-34(28-17-9-7-15-26(28)27-16-8-10-18-29(27)34)33(38)35-25-32-36-30-19-11-12-20-31(30)37-32/h7-10,15-18,30-31H,3-6,11-14,19-25H2,1-2H3,(H,35,38)(H,36,37). The monoisotopic (exact) mass is 593 g/mol. The van der Waals surface area contributed by atoms with Crippen LogP contribution in [0.25, 0.3) is 11.1 Å². The first-order chi connectivity index (χ1) is 20.5. The van der Waals surface area contributed by atoms with Crippen molar-refractivity contribution in [2.45, 2.75) is 102 Å². The van der Waals surface area contributed by atoms with Crippen LogP contribution in [0.15, 0.2) is 53.5 Å². The second-order valence-corrected chi connectivity index (χ2v) is 14.2. The predicted octanol–water partition coefficient (Wildman–Crippen LogP) is 7.38. The van der Waals surface area contributed by atoms with Crippen LogP contribution in [0, 0.1) is 0 Å². The Morgan fingerprint density at radius 2 is 1.55 bits per heavy atom. The number of benzene rings is 2. The molecule has 1 amide bonds. The Bertz CT molecular complexity index is 1240. The number of rotatable bonds is 16. The fourth-order valence-corrected chi connectivity index (χ4v) is 8.57. The zero-order valence-electron chi connectivity index (χ0n) is 25.4. The van der Waals surface area contributed by atoms with Gasteiger partial charge in [0.25, 0.3) is 0 Å². The molecule has 0 saturated heterocycles. The van der Waals surface area contributed by atoms with E-state index in [1.54, 1.807) is 0 Å². The lowest BCUT2D eigenvalue weighted by Gasteiger charge is -2.31. The molecule has 2 unspecified atom stereocenters. The van der Waals surface area contributed by atoms with Crippen molar-refractivity contribution in [3.63, 3.8) is 0 Å². The largest absolute Gasteiger partial charge is 0.367 e. The Labute approximate surface area is 251 Å². The smallest absolute Gasteiger partial charge is 0.330 e. The minimum absolute atomic E-state index is 0.000784. The maximum absolute atomic E-state index is 14.4. The number of carbonyl (C=O) groups is 1. The second-order valence-electron chi connectivity index (χ2n) is 12.0. The number of aliphatic imine (C=N–C) groups is 1. The van der Waals surface area contributed by atoms with Crippen molar-refractivity contribution in [2.24, 2.45) is 4.99 Å². The predicted molar refractivity (Wildman–Crippen MR) is 170 cm³/mol. The highest BCUT2D eigenvalue weighted by molar-refractivity contribution is 7.53. The molecule has 7 nitrogen and oxygen atoms in total. The van der Waals surface area contributed by atoms with Crippen molar-refractivity contribution in [3.8, 4) is 11.1 Å². The first-order valence-electron chi connectivity index (χ1n) is 16.2. The Morgan fingerprint density at radius 1 is 0.929 bits per heavy atom. The van der Waals surface area contributed by atoms with Gasteiger partial charge in [-0.2, -0.15) is 0 Å². The van der Waals surface area contributed by atoms with Crippen molar-refractivity contribution in [2.75, 3.05) is 25.9 Å². The topological polar surface area (TPSA) is 89.0 Å². The zero-order chi connectivity index (χ0) is 29.4. The molecule has 8 heteroatoms. The van der Waals surface area contributed by atoms with E-state index in [2.05, 4.69) is 48.7 Å². The van der Waals surface area contributed by atoms with Crippen LogP contribution in [-0.2, 0) is 23.8 Å². The van der Waals surface area contributed by atoms with E-state index >= 15 is 0 Å². The van der Waals surface area contributed by atoms with Gasteiger partial charge in [0.2, 0.25) is 5.91 Å². The van der Waals surface area contributed by atoms with E-state index in [9.17, 15) is 9.36 Å². The molecule has 1 saturated carbocycles. The number of nitrogens with zero attached hydrogens (tertiary/aromatic N) is 1. The summed E-state index contributed by atoms with van der Waals surface area (Å²) in [6.45, 7) is 5.50. The highest BCUT2D eigenvalue weighted by atomic mass is 31.2. The van der Waals surface area contributed by atoms with Gasteiger partial charge < -0.3 is 19.7 Å². The molecule has 42 heavy (non-hydrogen) atoms. The van der Waals surface area contributed by atoms with Crippen molar-refractivity contribution in [1.82, 2.24) is 10.6 Å². The van der Waals surface area contributed by atoms with Gasteiger partial charge in [-0.15, -0.1) is 0 Å². The number of unbranched alkanes of at least 4 members (excludes halogenated alkanes) is 3. The van der Waals surface area contributed by atoms with Gasteiger partial charge >= 0.3 is 7.60 Å². The molecular weight excluding hydrogens is 545 g/mol. The minimum Gasteiger partial charge on any atom is -0.367 e. The first kappa shape index (κ1) is 31.0.